The molecule has 2 aliphatic rings. The summed E-state index contributed by atoms with van der Waals surface area (Å²) in [6, 6.07) is 7.50. The van der Waals surface area contributed by atoms with Crippen molar-refractivity contribution in [3.63, 3.8) is 0 Å². The number of amidine groups is 1. The van der Waals surface area contributed by atoms with Gasteiger partial charge in [0.2, 0.25) is 5.91 Å². The molecule has 27 heavy (non-hydrogen) atoms. The van der Waals surface area contributed by atoms with Gasteiger partial charge in [-0.3, -0.25) is 9.79 Å². The van der Waals surface area contributed by atoms with Crippen molar-refractivity contribution in [2.45, 2.75) is 26.2 Å². The predicted molar refractivity (Wildman–Crippen MR) is 109 cm³/mol. The van der Waals surface area contributed by atoms with Crippen LogP contribution < -0.4 is 10.6 Å². The largest absolute Gasteiger partial charge is 0.477 e. The molecule has 2 heterocycles. The first kappa shape index (κ1) is 19.1. The number of aliphatic imine (C=N–C) groups is 1. The van der Waals surface area contributed by atoms with Gasteiger partial charge < -0.3 is 15.7 Å². The van der Waals surface area contributed by atoms with Crippen LogP contribution in [0.5, 0.6) is 0 Å². The lowest BCUT2D eigenvalue weighted by molar-refractivity contribution is -0.132. The molecule has 0 radical (unpaired) electrons. The Labute approximate surface area is 165 Å². The SMILES string of the molecule is CC1=C/CC(NC(=O)CC2=C(C(=O)O)Nc3ccccc3C2)=NC/C=C\1Br. The number of carbonyl (C=O) groups excluding carboxylic acids is 1. The molecular formula is C20H20BrN3O3. The van der Waals surface area contributed by atoms with Crippen molar-refractivity contribution in [2.75, 3.05) is 11.9 Å². The highest BCUT2D eigenvalue weighted by molar-refractivity contribution is 9.12. The van der Waals surface area contributed by atoms with Crippen LogP contribution in [0, 0.1) is 0 Å². The molecule has 7 heteroatoms. The van der Waals surface area contributed by atoms with Crippen molar-refractivity contribution in [1.82, 2.24) is 5.32 Å². The van der Waals surface area contributed by atoms with Gasteiger partial charge in [0.05, 0.1) is 13.0 Å². The van der Waals surface area contributed by atoms with Crippen molar-refractivity contribution in [3.05, 3.63) is 63.3 Å². The average molecular weight is 430 g/mol. The molecule has 0 unspecified atom stereocenters. The third kappa shape index (κ3) is 4.74. The fourth-order valence-electron chi connectivity index (χ4n) is 2.99. The summed E-state index contributed by atoms with van der Waals surface area (Å²) >= 11 is 3.48. The first-order chi connectivity index (χ1) is 12.9. The highest BCUT2D eigenvalue weighted by Crippen LogP contribution is 2.29. The van der Waals surface area contributed by atoms with Gasteiger partial charge >= 0.3 is 5.97 Å². The summed E-state index contributed by atoms with van der Waals surface area (Å²) in [5.74, 6) is -0.750. The molecule has 0 spiro atoms. The zero-order chi connectivity index (χ0) is 19.4. The van der Waals surface area contributed by atoms with E-state index in [0.717, 1.165) is 21.3 Å². The van der Waals surface area contributed by atoms with Gasteiger partial charge in [-0.15, -0.1) is 0 Å². The standard InChI is InChI=1S/C20H20BrN3O3/c1-12-6-7-17(22-9-8-15(12)21)24-18(25)11-14-10-13-4-2-3-5-16(13)23-19(14)20(26)27/h2-6,8,23H,7,9-11H2,1H3,(H,26,27)(H,22,24,25)/b12-6-,15-8+. The number of rotatable bonds is 3. The highest BCUT2D eigenvalue weighted by Gasteiger charge is 2.24. The van der Waals surface area contributed by atoms with Gasteiger partial charge in [-0.25, -0.2) is 4.79 Å². The van der Waals surface area contributed by atoms with E-state index in [9.17, 15) is 14.7 Å². The van der Waals surface area contributed by atoms with E-state index in [2.05, 4.69) is 31.6 Å². The Morgan fingerprint density at radius 2 is 2.07 bits per heavy atom. The molecule has 6 nitrogen and oxygen atoms in total. The van der Waals surface area contributed by atoms with Crippen molar-refractivity contribution >= 4 is 39.3 Å². The molecule has 1 aromatic carbocycles. The molecule has 3 N–H and O–H groups in total. The lowest BCUT2D eigenvalue weighted by Gasteiger charge is -2.22. The average Bonchev–Trinajstić information content (AvgIpc) is 2.63. The molecule has 0 atom stereocenters. The van der Waals surface area contributed by atoms with Gasteiger partial charge in [0.15, 0.2) is 0 Å². The first-order valence-electron chi connectivity index (χ1n) is 8.60. The number of amides is 1. The molecule has 0 bridgehead atoms. The van der Waals surface area contributed by atoms with E-state index in [1.165, 1.54) is 0 Å². The number of carboxylic acid groups (broad SMARTS) is 1. The summed E-state index contributed by atoms with van der Waals surface area (Å²) < 4.78 is 1.000. The lowest BCUT2D eigenvalue weighted by atomic mass is 9.95. The summed E-state index contributed by atoms with van der Waals surface area (Å²) in [4.78, 5) is 28.5. The van der Waals surface area contributed by atoms with Crippen molar-refractivity contribution < 1.29 is 14.7 Å². The molecule has 2 aliphatic heterocycles. The Morgan fingerprint density at radius 1 is 1.30 bits per heavy atom. The monoisotopic (exact) mass is 429 g/mol. The number of hydrogen-bond donors (Lipinski definition) is 3. The molecule has 0 saturated heterocycles. The second kappa shape index (κ2) is 8.35. The molecule has 0 aliphatic carbocycles. The molecule has 0 saturated carbocycles. The Bertz CT molecular complexity index is 913. The van der Waals surface area contributed by atoms with E-state index in [4.69, 9.17) is 0 Å². The van der Waals surface area contributed by atoms with E-state index in [1.54, 1.807) is 0 Å². The van der Waals surface area contributed by atoms with Gasteiger partial charge in [0.25, 0.3) is 0 Å². The minimum atomic E-state index is -1.07. The highest BCUT2D eigenvalue weighted by atomic mass is 79.9. The summed E-state index contributed by atoms with van der Waals surface area (Å²) in [6.07, 6.45) is 4.87. The zero-order valence-corrected chi connectivity index (χ0v) is 16.5. The van der Waals surface area contributed by atoms with Gasteiger partial charge in [-0.05, 0) is 42.2 Å². The first-order valence-corrected chi connectivity index (χ1v) is 9.39. The summed E-state index contributed by atoms with van der Waals surface area (Å²) in [7, 11) is 0. The summed E-state index contributed by atoms with van der Waals surface area (Å²) in [5, 5.41) is 15.2. The quantitative estimate of drug-likeness (QED) is 0.685. The van der Waals surface area contributed by atoms with E-state index < -0.39 is 5.97 Å². The van der Waals surface area contributed by atoms with Gasteiger partial charge in [0, 0.05) is 16.6 Å². The number of carboxylic acids is 1. The fourth-order valence-corrected chi connectivity index (χ4v) is 3.30. The number of para-hydroxylation sites is 1. The minimum absolute atomic E-state index is 0.00418. The second-order valence-corrected chi connectivity index (χ2v) is 7.25. The number of fused-ring (bicyclic) bond motifs is 1. The number of aliphatic carboxylic acids is 1. The van der Waals surface area contributed by atoms with Crippen molar-refractivity contribution in [1.29, 1.82) is 0 Å². The number of allylic oxidation sites excluding steroid dienone is 2. The molecule has 1 aromatic rings. The van der Waals surface area contributed by atoms with Crippen LogP contribution in [0.15, 0.2) is 62.7 Å². The Balaban J connectivity index is 1.73. The molecular weight excluding hydrogens is 410 g/mol. The van der Waals surface area contributed by atoms with Crippen LogP contribution in [0.4, 0.5) is 5.69 Å². The number of nitrogens with zero attached hydrogens (tertiary/aromatic N) is 1. The molecule has 0 fully saturated rings. The third-order valence-corrected chi connectivity index (χ3v) is 5.39. The maximum atomic E-state index is 12.5. The molecule has 3 rings (SSSR count). The third-order valence-electron chi connectivity index (χ3n) is 4.44. The van der Waals surface area contributed by atoms with E-state index in [0.29, 0.717) is 30.8 Å². The van der Waals surface area contributed by atoms with E-state index in [1.807, 2.05) is 43.3 Å². The summed E-state index contributed by atoms with van der Waals surface area (Å²) in [5.41, 5.74) is 3.45. The Hall–Kier alpha value is -2.67. The number of anilines is 1. The number of benzene rings is 1. The topological polar surface area (TPSA) is 90.8 Å². The second-order valence-electron chi connectivity index (χ2n) is 6.40. The van der Waals surface area contributed by atoms with Crippen LogP contribution in [0.1, 0.15) is 25.3 Å². The smallest absolute Gasteiger partial charge is 0.352 e. The number of halogens is 1. The lowest BCUT2D eigenvalue weighted by Crippen LogP contribution is -2.32. The van der Waals surface area contributed by atoms with Crippen LogP contribution in [-0.2, 0) is 16.0 Å². The van der Waals surface area contributed by atoms with E-state index >= 15 is 0 Å². The maximum Gasteiger partial charge on any atom is 0.352 e. The number of carbonyl (C=O) groups is 2. The normalized spacial score (nSPS) is 20.6. The van der Waals surface area contributed by atoms with Crippen molar-refractivity contribution in [2.24, 2.45) is 4.99 Å². The van der Waals surface area contributed by atoms with Gasteiger partial charge in [-0.1, -0.05) is 40.2 Å². The van der Waals surface area contributed by atoms with Crippen LogP contribution in [0.2, 0.25) is 0 Å². The van der Waals surface area contributed by atoms with Crippen LogP contribution in [0.3, 0.4) is 0 Å². The number of nitrogens with one attached hydrogen (secondary N) is 2. The van der Waals surface area contributed by atoms with Gasteiger partial charge in [0.1, 0.15) is 11.5 Å². The van der Waals surface area contributed by atoms with Crippen molar-refractivity contribution in [3.8, 4) is 0 Å². The van der Waals surface area contributed by atoms with Crippen LogP contribution >= 0.6 is 15.9 Å². The zero-order valence-electron chi connectivity index (χ0n) is 14.9. The van der Waals surface area contributed by atoms with Gasteiger partial charge in [-0.2, -0.15) is 0 Å². The Kier molecular flexibility index (Phi) is 5.91. The fraction of sp³-hybridized carbons (Fsp3) is 0.250. The summed E-state index contributed by atoms with van der Waals surface area (Å²) in [6.45, 7) is 2.46. The van der Waals surface area contributed by atoms with E-state index in [-0.39, 0.29) is 18.0 Å². The van der Waals surface area contributed by atoms with Crippen LogP contribution in [-0.4, -0.2) is 29.4 Å². The molecule has 1 amide bonds. The Morgan fingerprint density at radius 3 is 2.85 bits per heavy atom. The molecule has 0 aromatic heterocycles. The predicted octanol–water partition coefficient (Wildman–Crippen LogP) is 3.53. The molecule has 140 valence electrons. The minimum Gasteiger partial charge on any atom is -0.477 e. The van der Waals surface area contributed by atoms with Crippen LogP contribution in [0.25, 0.3) is 0 Å². The maximum absolute atomic E-state index is 12.5. The number of hydrogen-bond acceptors (Lipinski definition) is 4.